The zero-order valence-electron chi connectivity index (χ0n) is 14.5. The molecule has 1 aromatic carbocycles. The second-order valence-corrected chi connectivity index (χ2v) is 5.93. The molecule has 140 valence electrons. The highest BCUT2D eigenvalue weighted by molar-refractivity contribution is 6.15. The van der Waals surface area contributed by atoms with Gasteiger partial charge >= 0.3 is 0 Å². The minimum Gasteiger partial charge on any atom is -0.457 e. The van der Waals surface area contributed by atoms with Crippen molar-refractivity contribution in [1.82, 2.24) is 4.98 Å². The van der Waals surface area contributed by atoms with Crippen molar-refractivity contribution in [3.8, 4) is 11.3 Å². The van der Waals surface area contributed by atoms with E-state index in [1.807, 2.05) is 30.5 Å². The van der Waals surface area contributed by atoms with Crippen molar-refractivity contribution in [3.63, 3.8) is 0 Å². The predicted octanol–water partition coefficient (Wildman–Crippen LogP) is 5.99. The minimum atomic E-state index is -0.286. The first kappa shape index (κ1) is 20.9. The maximum atomic E-state index is 13.9. The lowest BCUT2D eigenvalue weighted by atomic mass is 9.96. The predicted molar refractivity (Wildman–Crippen MR) is 111 cm³/mol. The number of pyridine rings is 1. The topological polar surface area (TPSA) is 38.4 Å². The van der Waals surface area contributed by atoms with Crippen LogP contribution in [0.1, 0.15) is 24.2 Å². The molecule has 0 unspecified atom stereocenters. The number of hydrogen-bond acceptors (Lipinski definition) is 3. The summed E-state index contributed by atoms with van der Waals surface area (Å²) < 4.78 is 19.8. The Kier molecular flexibility index (Phi) is 7.34. The van der Waals surface area contributed by atoms with E-state index in [2.05, 4.69) is 9.98 Å². The highest BCUT2D eigenvalue weighted by Gasteiger charge is 2.15. The Morgan fingerprint density at radius 1 is 1.00 bits per heavy atom. The largest absolute Gasteiger partial charge is 0.457 e. The van der Waals surface area contributed by atoms with Crippen LogP contribution in [0.3, 0.4) is 0 Å². The van der Waals surface area contributed by atoms with E-state index in [0.29, 0.717) is 17.1 Å². The van der Waals surface area contributed by atoms with Crippen molar-refractivity contribution in [2.45, 2.75) is 12.8 Å². The van der Waals surface area contributed by atoms with Gasteiger partial charge in [0, 0.05) is 24.5 Å². The van der Waals surface area contributed by atoms with Crippen LogP contribution in [0, 0.1) is 5.82 Å². The van der Waals surface area contributed by atoms with E-state index in [1.54, 1.807) is 30.5 Å². The molecule has 0 aliphatic carbocycles. The van der Waals surface area contributed by atoms with Crippen molar-refractivity contribution in [1.29, 1.82) is 0 Å². The van der Waals surface area contributed by atoms with E-state index in [4.69, 9.17) is 4.42 Å². The molecule has 6 heteroatoms. The van der Waals surface area contributed by atoms with E-state index in [9.17, 15) is 4.39 Å². The van der Waals surface area contributed by atoms with Crippen LogP contribution in [0.4, 0.5) is 4.39 Å². The van der Waals surface area contributed by atoms with Gasteiger partial charge in [-0.3, -0.25) is 9.98 Å². The summed E-state index contributed by atoms with van der Waals surface area (Å²) in [6.07, 6.45) is 7.52. The molecule has 3 heterocycles. The van der Waals surface area contributed by atoms with Gasteiger partial charge in [-0.15, -0.1) is 24.8 Å². The van der Waals surface area contributed by atoms with Crippen LogP contribution in [0.5, 0.6) is 0 Å². The number of halogens is 3. The summed E-state index contributed by atoms with van der Waals surface area (Å²) in [6.45, 7) is 0.820. The molecule has 1 aliphatic heterocycles. The fraction of sp³-hybridized carbons (Fsp3) is 0.143. The van der Waals surface area contributed by atoms with Crippen LogP contribution in [0.25, 0.3) is 17.4 Å². The molecule has 2 aromatic heterocycles. The second-order valence-electron chi connectivity index (χ2n) is 5.93. The Morgan fingerprint density at radius 3 is 2.63 bits per heavy atom. The molecule has 0 amide bonds. The van der Waals surface area contributed by atoms with Crippen molar-refractivity contribution in [2.75, 3.05) is 6.54 Å². The first-order valence-corrected chi connectivity index (χ1v) is 8.32. The van der Waals surface area contributed by atoms with Crippen LogP contribution in [-0.4, -0.2) is 17.2 Å². The van der Waals surface area contributed by atoms with Gasteiger partial charge in [-0.05, 0) is 60.9 Å². The molecule has 0 saturated heterocycles. The van der Waals surface area contributed by atoms with Crippen LogP contribution in [0.2, 0.25) is 0 Å². The van der Waals surface area contributed by atoms with E-state index in [0.717, 1.165) is 36.2 Å². The van der Waals surface area contributed by atoms with Crippen molar-refractivity contribution in [2.24, 2.45) is 4.99 Å². The van der Waals surface area contributed by atoms with Gasteiger partial charge in [-0.2, -0.15) is 0 Å². The van der Waals surface area contributed by atoms with Crippen LogP contribution in [-0.2, 0) is 0 Å². The molecule has 0 radical (unpaired) electrons. The zero-order valence-corrected chi connectivity index (χ0v) is 16.1. The maximum Gasteiger partial charge on any atom is 0.137 e. The summed E-state index contributed by atoms with van der Waals surface area (Å²) in [5.41, 5.74) is 3.56. The molecule has 0 atom stereocenters. The minimum absolute atomic E-state index is 0. The lowest BCUT2D eigenvalue weighted by Crippen LogP contribution is -2.11. The van der Waals surface area contributed by atoms with E-state index in [-0.39, 0.29) is 30.6 Å². The zero-order chi connectivity index (χ0) is 17.1. The van der Waals surface area contributed by atoms with Crippen molar-refractivity contribution in [3.05, 3.63) is 83.6 Å². The quantitative estimate of drug-likeness (QED) is 0.537. The molecule has 0 fully saturated rings. The lowest BCUT2D eigenvalue weighted by molar-refractivity contribution is 0.560. The van der Waals surface area contributed by atoms with E-state index >= 15 is 0 Å². The van der Waals surface area contributed by atoms with Gasteiger partial charge in [0.15, 0.2) is 0 Å². The Labute approximate surface area is 169 Å². The molecule has 0 N–H and O–H groups in total. The second kappa shape index (κ2) is 9.49. The number of rotatable bonds is 3. The van der Waals surface area contributed by atoms with Gasteiger partial charge in [-0.25, -0.2) is 4.39 Å². The molecule has 0 saturated carbocycles. The molecule has 27 heavy (non-hydrogen) atoms. The summed E-state index contributed by atoms with van der Waals surface area (Å²) in [5, 5.41) is 0. The van der Waals surface area contributed by atoms with Crippen LogP contribution in [0.15, 0.2) is 75.9 Å². The van der Waals surface area contributed by atoms with Gasteiger partial charge < -0.3 is 4.42 Å². The molecular weight excluding hydrogens is 386 g/mol. The molecule has 0 bridgehead atoms. The van der Waals surface area contributed by atoms with Crippen molar-refractivity contribution >= 4 is 36.6 Å². The normalized spacial score (nSPS) is 14.9. The lowest BCUT2D eigenvalue weighted by Gasteiger charge is -2.15. The number of benzene rings is 1. The fourth-order valence-electron chi connectivity index (χ4n) is 3.01. The Morgan fingerprint density at radius 2 is 1.85 bits per heavy atom. The van der Waals surface area contributed by atoms with E-state index in [1.165, 1.54) is 6.07 Å². The number of allylic oxidation sites excluding steroid dienone is 1. The Bertz CT molecular complexity index is 952. The highest BCUT2D eigenvalue weighted by atomic mass is 35.5. The average Bonchev–Trinajstić information content (AvgIpc) is 3.11. The van der Waals surface area contributed by atoms with Gasteiger partial charge in [0.25, 0.3) is 0 Å². The third-order valence-corrected chi connectivity index (χ3v) is 4.20. The molecule has 4 rings (SSSR count). The molecule has 3 aromatic rings. The number of nitrogens with zero attached hydrogens (tertiary/aromatic N) is 2. The SMILES string of the molecule is Cl.Cl.Fc1ccccc1-c1ccc(C=C2CCCN=C2c2cccnc2)o1. The molecule has 1 aliphatic rings. The number of aromatic nitrogens is 1. The van der Waals surface area contributed by atoms with Gasteiger partial charge in [-0.1, -0.05) is 12.1 Å². The fourth-order valence-corrected chi connectivity index (χ4v) is 3.01. The average molecular weight is 405 g/mol. The summed E-state index contributed by atoms with van der Waals surface area (Å²) in [5.74, 6) is 0.943. The standard InChI is InChI=1S/C21H17FN2O.2ClH/c22-19-8-2-1-7-18(19)20-10-9-17(25-20)13-15-5-4-12-24-21(15)16-6-3-11-23-14-16;;/h1-3,6-11,13-14H,4-5,12H2;2*1H. The summed E-state index contributed by atoms with van der Waals surface area (Å²) in [4.78, 5) is 8.84. The highest BCUT2D eigenvalue weighted by Crippen LogP contribution is 2.27. The van der Waals surface area contributed by atoms with Crippen molar-refractivity contribution < 1.29 is 8.81 Å². The Hall–Kier alpha value is -2.43. The summed E-state index contributed by atoms with van der Waals surface area (Å²) >= 11 is 0. The number of furan rings is 1. The maximum absolute atomic E-state index is 13.9. The number of hydrogen-bond donors (Lipinski definition) is 0. The molecule has 0 spiro atoms. The third kappa shape index (κ3) is 4.65. The third-order valence-electron chi connectivity index (χ3n) is 4.20. The van der Waals surface area contributed by atoms with Gasteiger partial charge in [0.1, 0.15) is 17.3 Å². The summed E-state index contributed by atoms with van der Waals surface area (Å²) in [6, 6.07) is 14.2. The summed E-state index contributed by atoms with van der Waals surface area (Å²) in [7, 11) is 0. The monoisotopic (exact) mass is 404 g/mol. The first-order chi connectivity index (χ1) is 12.3. The number of aliphatic imine (C=N–C) groups is 1. The Balaban J connectivity index is 0.00000131. The van der Waals surface area contributed by atoms with Gasteiger partial charge in [0.05, 0.1) is 11.3 Å². The van der Waals surface area contributed by atoms with Gasteiger partial charge in [0.2, 0.25) is 0 Å². The molecule has 3 nitrogen and oxygen atoms in total. The van der Waals surface area contributed by atoms with Crippen LogP contribution < -0.4 is 0 Å². The molecular formula is C21H19Cl2FN2O. The first-order valence-electron chi connectivity index (χ1n) is 8.32. The van der Waals surface area contributed by atoms with Crippen LogP contribution >= 0.6 is 24.8 Å². The smallest absolute Gasteiger partial charge is 0.137 e. The van der Waals surface area contributed by atoms with E-state index < -0.39 is 0 Å².